The second-order valence-electron chi connectivity index (χ2n) is 9.93. The minimum atomic E-state index is -0.546. The molecule has 0 unspecified atom stereocenters. The molecule has 146 valence electrons. The molecule has 3 aliphatic rings. The van der Waals surface area contributed by atoms with Gasteiger partial charge in [0.15, 0.2) is 5.72 Å². The fraction of sp³-hybridized carbons (Fsp3) is 0.458. The molecule has 2 bridgehead atoms. The van der Waals surface area contributed by atoms with Crippen molar-refractivity contribution >= 4 is 11.6 Å². The van der Waals surface area contributed by atoms with Gasteiger partial charge >= 0.3 is 0 Å². The third-order valence-corrected chi connectivity index (χ3v) is 6.72. The zero-order valence-corrected chi connectivity index (χ0v) is 17.2. The van der Waals surface area contributed by atoms with Crippen molar-refractivity contribution in [2.75, 3.05) is 4.90 Å². The van der Waals surface area contributed by atoms with Gasteiger partial charge in [0, 0.05) is 29.1 Å². The van der Waals surface area contributed by atoms with E-state index >= 15 is 0 Å². The minimum absolute atomic E-state index is 0.0761. The van der Waals surface area contributed by atoms with Gasteiger partial charge < -0.3 is 15.0 Å². The van der Waals surface area contributed by atoms with Crippen LogP contribution in [0.4, 0.5) is 5.69 Å². The van der Waals surface area contributed by atoms with Gasteiger partial charge in [0.25, 0.3) is 0 Å². The first kappa shape index (κ1) is 17.6. The number of nitrogens with one attached hydrogen (secondary N) is 1. The molecule has 1 N–H and O–H groups in total. The van der Waals surface area contributed by atoms with E-state index in [1.807, 2.05) is 39.0 Å². The number of ether oxygens (including phenoxy) is 1. The number of benzene rings is 2. The molecule has 5 rings (SSSR count). The maximum Gasteiger partial charge on any atom is 0.243 e. The molecular formula is C24H28N2O2. The molecule has 0 saturated carbocycles. The van der Waals surface area contributed by atoms with Crippen LogP contribution in [0.1, 0.15) is 58.1 Å². The second-order valence-corrected chi connectivity index (χ2v) is 9.93. The van der Waals surface area contributed by atoms with E-state index in [0.29, 0.717) is 0 Å². The van der Waals surface area contributed by atoms with Gasteiger partial charge in [-0.25, -0.2) is 0 Å². The van der Waals surface area contributed by atoms with Crippen molar-refractivity contribution in [3.63, 3.8) is 0 Å². The lowest BCUT2D eigenvalue weighted by molar-refractivity contribution is -0.124. The standard InChI is InChI=1S/C24H28N2O2/c1-22(2,3)25-21(27)20-16-14-24(28-19-13-9-6-10-15(16)19)23(4,5)17-11-7-8-12-18(17)26(20)24/h6-13,16,20H,14H2,1-5H3,(H,25,27)/t16-,20-,24-/m0/s1. The number of fused-ring (bicyclic) bond motifs is 5. The molecule has 0 aromatic heterocycles. The van der Waals surface area contributed by atoms with E-state index in [2.05, 4.69) is 54.4 Å². The summed E-state index contributed by atoms with van der Waals surface area (Å²) in [6.07, 6.45) is 0.813. The SMILES string of the molecule is CC(C)(C)NC(=O)[C@@H]1[C@H]2C[C@@]3(Oc4ccccc42)N1c1ccccc1C3(C)C. The molecule has 1 fully saturated rings. The smallest absolute Gasteiger partial charge is 0.243 e. The van der Waals surface area contributed by atoms with Crippen molar-refractivity contribution in [2.24, 2.45) is 0 Å². The van der Waals surface area contributed by atoms with Crippen LogP contribution in [0, 0.1) is 0 Å². The molecule has 1 saturated heterocycles. The Balaban J connectivity index is 1.73. The Labute approximate surface area is 166 Å². The number of rotatable bonds is 1. The van der Waals surface area contributed by atoms with E-state index in [0.717, 1.165) is 23.4 Å². The van der Waals surface area contributed by atoms with Crippen molar-refractivity contribution < 1.29 is 9.53 Å². The quantitative estimate of drug-likeness (QED) is 0.805. The van der Waals surface area contributed by atoms with Crippen LogP contribution in [0.3, 0.4) is 0 Å². The zero-order chi connectivity index (χ0) is 19.9. The summed E-state index contributed by atoms with van der Waals surface area (Å²) in [7, 11) is 0. The third-order valence-electron chi connectivity index (χ3n) is 6.72. The van der Waals surface area contributed by atoms with Crippen molar-refractivity contribution in [2.45, 2.75) is 69.7 Å². The van der Waals surface area contributed by atoms with Gasteiger partial charge in [-0.15, -0.1) is 0 Å². The van der Waals surface area contributed by atoms with Crippen LogP contribution in [0.25, 0.3) is 0 Å². The van der Waals surface area contributed by atoms with Gasteiger partial charge in [-0.05, 0) is 52.3 Å². The van der Waals surface area contributed by atoms with E-state index < -0.39 is 5.72 Å². The van der Waals surface area contributed by atoms with Gasteiger partial charge in [0.2, 0.25) is 5.91 Å². The first-order valence-electron chi connectivity index (χ1n) is 10.1. The number of carbonyl (C=O) groups is 1. The second kappa shape index (κ2) is 5.31. The molecule has 1 spiro atoms. The van der Waals surface area contributed by atoms with E-state index in [9.17, 15) is 4.79 Å². The van der Waals surface area contributed by atoms with E-state index in [1.165, 1.54) is 5.56 Å². The number of anilines is 1. The van der Waals surface area contributed by atoms with Gasteiger partial charge in [-0.1, -0.05) is 36.4 Å². The first-order valence-corrected chi connectivity index (χ1v) is 10.1. The highest BCUT2D eigenvalue weighted by atomic mass is 16.5. The predicted molar refractivity (Wildman–Crippen MR) is 111 cm³/mol. The highest BCUT2D eigenvalue weighted by Crippen LogP contribution is 2.64. The van der Waals surface area contributed by atoms with Crippen LogP contribution in [-0.2, 0) is 10.2 Å². The van der Waals surface area contributed by atoms with Crippen molar-refractivity contribution in [3.05, 3.63) is 59.7 Å². The number of carbonyl (C=O) groups excluding carboxylic acids is 1. The number of amides is 1. The zero-order valence-electron chi connectivity index (χ0n) is 17.2. The molecule has 3 heterocycles. The van der Waals surface area contributed by atoms with E-state index in [4.69, 9.17) is 4.74 Å². The van der Waals surface area contributed by atoms with Crippen LogP contribution in [0.2, 0.25) is 0 Å². The molecule has 3 atom stereocenters. The maximum absolute atomic E-state index is 13.6. The summed E-state index contributed by atoms with van der Waals surface area (Å²) in [5.41, 5.74) is 2.46. The monoisotopic (exact) mass is 376 g/mol. The number of hydrogen-bond donors (Lipinski definition) is 1. The molecule has 0 aliphatic carbocycles. The number of nitrogens with zero attached hydrogens (tertiary/aromatic N) is 1. The lowest BCUT2D eigenvalue weighted by Gasteiger charge is -2.45. The number of hydrogen-bond acceptors (Lipinski definition) is 3. The molecular weight excluding hydrogens is 348 g/mol. The fourth-order valence-electron chi connectivity index (χ4n) is 5.54. The predicted octanol–water partition coefficient (Wildman–Crippen LogP) is 4.34. The summed E-state index contributed by atoms with van der Waals surface area (Å²) >= 11 is 0. The van der Waals surface area contributed by atoms with Crippen LogP contribution in [-0.4, -0.2) is 23.2 Å². The van der Waals surface area contributed by atoms with Gasteiger partial charge in [-0.3, -0.25) is 4.79 Å². The Hall–Kier alpha value is -2.49. The summed E-state index contributed by atoms with van der Waals surface area (Å²) in [4.78, 5) is 15.9. The summed E-state index contributed by atoms with van der Waals surface area (Å²) in [6, 6.07) is 16.4. The third kappa shape index (κ3) is 2.09. The van der Waals surface area contributed by atoms with Crippen LogP contribution in [0.15, 0.2) is 48.5 Å². The van der Waals surface area contributed by atoms with Gasteiger partial charge in [-0.2, -0.15) is 0 Å². The molecule has 2 aromatic carbocycles. The van der Waals surface area contributed by atoms with Crippen LogP contribution >= 0.6 is 0 Å². The summed E-state index contributed by atoms with van der Waals surface area (Å²) in [6.45, 7) is 10.6. The Morgan fingerprint density at radius 2 is 1.79 bits per heavy atom. The average molecular weight is 377 g/mol. The molecule has 0 radical (unpaired) electrons. The first-order chi connectivity index (χ1) is 13.2. The van der Waals surface area contributed by atoms with Crippen molar-refractivity contribution in [1.29, 1.82) is 0 Å². The highest BCUT2D eigenvalue weighted by Gasteiger charge is 2.70. The van der Waals surface area contributed by atoms with E-state index in [1.54, 1.807) is 0 Å². The summed E-state index contributed by atoms with van der Waals surface area (Å²) in [5, 5.41) is 3.24. The molecule has 28 heavy (non-hydrogen) atoms. The fourth-order valence-corrected chi connectivity index (χ4v) is 5.54. The van der Waals surface area contributed by atoms with Crippen molar-refractivity contribution in [1.82, 2.24) is 5.32 Å². The molecule has 3 aliphatic heterocycles. The van der Waals surface area contributed by atoms with E-state index in [-0.39, 0.29) is 28.8 Å². The van der Waals surface area contributed by atoms with Gasteiger partial charge in [0.1, 0.15) is 11.8 Å². The summed E-state index contributed by atoms with van der Waals surface area (Å²) < 4.78 is 6.79. The number of para-hydroxylation sites is 2. The lowest BCUT2D eigenvalue weighted by atomic mass is 9.73. The van der Waals surface area contributed by atoms with Gasteiger partial charge in [0.05, 0.1) is 5.41 Å². The maximum atomic E-state index is 13.6. The van der Waals surface area contributed by atoms with Crippen LogP contribution in [0.5, 0.6) is 5.75 Å². The Bertz CT molecular complexity index is 975. The largest absolute Gasteiger partial charge is 0.467 e. The molecule has 4 nitrogen and oxygen atoms in total. The minimum Gasteiger partial charge on any atom is -0.467 e. The normalized spacial score (nSPS) is 28.8. The van der Waals surface area contributed by atoms with Crippen LogP contribution < -0.4 is 15.0 Å². The Morgan fingerprint density at radius 3 is 2.54 bits per heavy atom. The Morgan fingerprint density at radius 1 is 1.11 bits per heavy atom. The molecule has 1 amide bonds. The molecule has 4 heteroatoms. The lowest BCUT2D eigenvalue weighted by Crippen LogP contribution is -2.60. The van der Waals surface area contributed by atoms with Crippen molar-refractivity contribution in [3.8, 4) is 5.75 Å². The topological polar surface area (TPSA) is 41.6 Å². The molecule has 2 aromatic rings. The average Bonchev–Trinajstić information content (AvgIpc) is 3.00. The Kier molecular flexibility index (Phi) is 3.34. The highest BCUT2D eigenvalue weighted by molar-refractivity contribution is 5.91. The summed E-state index contributed by atoms with van der Waals surface area (Å²) in [5.74, 6) is 1.10.